The molecule has 0 bridgehead atoms. The normalized spacial score (nSPS) is 22.0. The largest absolute Gasteiger partial charge is 0.300 e. The predicted octanol–water partition coefficient (Wildman–Crippen LogP) is 1.30. The third-order valence-corrected chi connectivity index (χ3v) is 3.64. The molecule has 1 aliphatic rings. The Hall–Kier alpha value is -0.900. The SMILES string of the molecule is CCN1C(=O)CC(NC(C)(CC)CC)C1=O. The number of rotatable bonds is 5. The standard InChI is InChI=1S/C12H22N2O2/c1-5-12(4,6-2)13-9-8-10(15)14(7-3)11(9)16/h9,13H,5-8H2,1-4H3. The zero-order valence-corrected chi connectivity index (χ0v) is 10.7. The van der Waals surface area contributed by atoms with Gasteiger partial charge in [0.05, 0.1) is 12.5 Å². The first-order valence-electron chi connectivity index (χ1n) is 6.09. The van der Waals surface area contributed by atoms with E-state index in [1.165, 1.54) is 4.90 Å². The molecule has 2 amide bonds. The minimum Gasteiger partial charge on any atom is -0.300 e. The van der Waals surface area contributed by atoms with Crippen LogP contribution in [0.3, 0.4) is 0 Å². The van der Waals surface area contributed by atoms with E-state index in [1.807, 2.05) is 6.92 Å². The third-order valence-electron chi connectivity index (χ3n) is 3.64. The molecule has 1 N–H and O–H groups in total. The summed E-state index contributed by atoms with van der Waals surface area (Å²) in [5.74, 6) is -0.125. The summed E-state index contributed by atoms with van der Waals surface area (Å²) in [6.45, 7) is 8.59. The van der Waals surface area contributed by atoms with Crippen molar-refractivity contribution in [2.45, 2.75) is 58.5 Å². The quantitative estimate of drug-likeness (QED) is 0.719. The van der Waals surface area contributed by atoms with E-state index in [9.17, 15) is 9.59 Å². The Kier molecular flexibility index (Phi) is 4.08. The van der Waals surface area contributed by atoms with Gasteiger partial charge in [-0.05, 0) is 26.7 Å². The van der Waals surface area contributed by atoms with Gasteiger partial charge in [-0.15, -0.1) is 0 Å². The molecule has 1 unspecified atom stereocenters. The van der Waals surface area contributed by atoms with E-state index in [0.29, 0.717) is 13.0 Å². The van der Waals surface area contributed by atoms with Gasteiger partial charge < -0.3 is 5.32 Å². The summed E-state index contributed by atoms with van der Waals surface area (Å²) < 4.78 is 0. The lowest BCUT2D eigenvalue weighted by Gasteiger charge is -2.31. The molecule has 1 heterocycles. The van der Waals surface area contributed by atoms with Gasteiger partial charge >= 0.3 is 0 Å². The van der Waals surface area contributed by atoms with Crippen molar-refractivity contribution in [1.82, 2.24) is 10.2 Å². The van der Waals surface area contributed by atoms with Gasteiger partial charge in [-0.3, -0.25) is 14.5 Å². The van der Waals surface area contributed by atoms with Gasteiger partial charge in [-0.25, -0.2) is 0 Å². The number of hydrogen-bond donors (Lipinski definition) is 1. The lowest BCUT2D eigenvalue weighted by Crippen LogP contribution is -2.50. The molecule has 1 fully saturated rings. The van der Waals surface area contributed by atoms with E-state index in [0.717, 1.165) is 12.8 Å². The maximum absolute atomic E-state index is 11.9. The lowest BCUT2D eigenvalue weighted by atomic mass is 9.94. The van der Waals surface area contributed by atoms with E-state index in [-0.39, 0.29) is 23.4 Å². The minimum absolute atomic E-state index is 0.0512. The molecule has 16 heavy (non-hydrogen) atoms. The van der Waals surface area contributed by atoms with Gasteiger partial charge in [0.15, 0.2) is 0 Å². The zero-order valence-electron chi connectivity index (χ0n) is 10.7. The van der Waals surface area contributed by atoms with Crippen molar-refractivity contribution in [3.05, 3.63) is 0 Å². The van der Waals surface area contributed by atoms with Gasteiger partial charge in [0, 0.05) is 12.1 Å². The molecule has 1 atom stereocenters. The van der Waals surface area contributed by atoms with E-state index in [2.05, 4.69) is 26.1 Å². The molecular formula is C12H22N2O2. The molecule has 0 spiro atoms. The molecule has 4 heteroatoms. The molecule has 0 aliphatic carbocycles. The van der Waals surface area contributed by atoms with Crippen LogP contribution in [0.15, 0.2) is 0 Å². The fourth-order valence-corrected chi connectivity index (χ4v) is 2.00. The first-order valence-corrected chi connectivity index (χ1v) is 6.09. The van der Waals surface area contributed by atoms with Gasteiger partial charge in [-0.2, -0.15) is 0 Å². The Morgan fingerprint density at radius 3 is 2.25 bits per heavy atom. The highest BCUT2D eigenvalue weighted by atomic mass is 16.2. The van der Waals surface area contributed by atoms with Crippen molar-refractivity contribution < 1.29 is 9.59 Å². The van der Waals surface area contributed by atoms with Crippen LogP contribution in [0, 0.1) is 0 Å². The fourth-order valence-electron chi connectivity index (χ4n) is 2.00. The smallest absolute Gasteiger partial charge is 0.246 e. The molecule has 1 aliphatic heterocycles. The molecule has 0 aromatic carbocycles. The van der Waals surface area contributed by atoms with Crippen molar-refractivity contribution in [2.24, 2.45) is 0 Å². The van der Waals surface area contributed by atoms with Crippen molar-refractivity contribution in [1.29, 1.82) is 0 Å². The van der Waals surface area contributed by atoms with Gasteiger partial charge in [-0.1, -0.05) is 13.8 Å². The Morgan fingerprint density at radius 2 is 1.88 bits per heavy atom. The van der Waals surface area contributed by atoms with Gasteiger partial charge in [0.25, 0.3) is 0 Å². The van der Waals surface area contributed by atoms with Gasteiger partial charge in [0.1, 0.15) is 0 Å². The number of carbonyl (C=O) groups is 2. The van der Waals surface area contributed by atoms with Crippen molar-refractivity contribution in [2.75, 3.05) is 6.54 Å². The highest BCUT2D eigenvalue weighted by Gasteiger charge is 2.40. The minimum atomic E-state index is -0.322. The van der Waals surface area contributed by atoms with E-state index in [1.54, 1.807) is 0 Å². The van der Waals surface area contributed by atoms with Crippen LogP contribution in [0.1, 0.15) is 47.0 Å². The monoisotopic (exact) mass is 226 g/mol. The molecule has 1 rings (SSSR count). The number of amides is 2. The number of nitrogens with zero attached hydrogens (tertiary/aromatic N) is 1. The Labute approximate surface area is 97.4 Å². The predicted molar refractivity (Wildman–Crippen MR) is 62.9 cm³/mol. The molecule has 0 radical (unpaired) electrons. The van der Waals surface area contributed by atoms with Crippen LogP contribution in [0.25, 0.3) is 0 Å². The summed E-state index contributed by atoms with van der Waals surface area (Å²) in [5, 5.41) is 3.32. The lowest BCUT2D eigenvalue weighted by molar-refractivity contribution is -0.138. The topological polar surface area (TPSA) is 49.4 Å². The number of imide groups is 1. The number of hydrogen-bond acceptors (Lipinski definition) is 3. The van der Waals surface area contributed by atoms with Crippen LogP contribution in [0.4, 0.5) is 0 Å². The second kappa shape index (κ2) is 4.95. The van der Waals surface area contributed by atoms with E-state index in [4.69, 9.17) is 0 Å². The van der Waals surface area contributed by atoms with Crippen LogP contribution in [-0.2, 0) is 9.59 Å². The number of likely N-dealkylation sites (tertiary alicyclic amines) is 1. The number of carbonyl (C=O) groups excluding carboxylic acids is 2. The Morgan fingerprint density at radius 1 is 1.31 bits per heavy atom. The number of nitrogens with one attached hydrogen (secondary N) is 1. The molecule has 0 saturated carbocycles. The highest BCUT2D eigenvalue weighted by molar-refractivity contribution is 6.05. The maximum Gasteiger partial charge on any atom is 0.246 e. The van der Waals surface area contributed by atoms with Crippen molar-refractivity contribution >= 4 is 11.8 Å². The summed E-state index contributed by atoms with van der Waals surface area (Å²) in [6.07, 6.45) is 2.21. The second-order valence-corrected chi connectivity index (χ2v) is 4.65. The first kappa shape index (κ1) is 13.2. The van der Waals surface area contributed by atoms with Crippen LogP contribution in [0.2, 0.25) is 0 Å². The maximum atomic E-state index is 11.9. The second-order valence-electron chi connectivity index (χ2n) is 4.65. The van der Waals surface area contributed by atoms with Crippen LogP contribution >= 0.6 is 0 Å². The summed E-state index contributed by atoms with van der Waals surface area (Å²) in [6, 6.07) is -0.322. The average Bonchev–Trinajstić information content (AvgIpc) is 2.53. The van der Waals surface area contributed by atoms with E-state index < -0.39 is 0 Å². The van der Waals surface area contributed by atoms with E-state index >= 15 is 0 Å². The first-order chi connectivity index (χ1) is 7.47. The summed E-state index contributed by atoms with van der Waals surface area (Å²) in [5.41, 5.74) is -0.0512. The summed E-state index contributed by atoms with van der Waals surface area (Å²) >= 11 is 0. The zero-order chi connectivity index (χ0) is 12.3. The van der Waals surface area contributed by atoms with Crippen LogP contribution < -0.4 is 5.32 Å². The highest BCUT2D eigenvalue weighted by Crippen LogP contribution is 2.20. The average molecular weight is 226 g/mol. The molecular weight excluding hydrogens is 204 g/mol. The number of likely N-dealkylation sites (N-methyl/N-ethyl adjacent to an activating group) is 1. The van der Waals surface area contributed by atoms with Gasteiger partial charge in [0.2, 0.25) is 11.8 Å². The third kappa shape index (κ3) is 2.43. The summed E-state index contributed by atoms with van der Waals surface area (Å²) in [4.78, 5) is 24.8. The van der Waals surface area contributed by atoms with Crippen LogP contribution in [-0.4, -0.2) is 34.8 Å². The Bertz CT molecular complexity index is 285. The molecule has 92 valence electrons. The molecule has 0 aromatic heterocycles. The van der Waals surface area contributed by atoms with Crippen molar-refractivity contribution in [3.63, 3.8) is 0 Å². The van der Waals surface area contributed by atoms with Crippen LogP contribution in [0.5, 0.6) is 0 Å². The molecule has 1 saturated heterocycles. The van der Waals surface area contributed by atoms with Crippen molar-refractivity contribution in [3.8, 4) is 0 Å². The Balaban J connectivity index is 2.70. The molecule has 0 aromatic rings. The fraction of sp³-hybridized carbons (Fsp3) is 0.833. The molecule has 4 nitrogen and oxygen atoms in total. The summed E-state index contributed by atoms with van der Waals surface area (Å²) in [7, 11) is 0.